The molecule has 1 amide bonds. The highest BCUT2D eigenvalue weighted by Crippen LogP contribution is 2.27. The molecule has 3 aromatic rings. The van der Waals surface area contributed by atoms with Gasteiger partial charge in [-0.25, -0.2) is 13.4 Å². The number of thiazole rings is 1. The Morgan fingerprint density at radius 3 is 2.56 bits per heavy atom. The van der Waals surface area contributed by atoms with Crippen LogP contribution in [0.2, 0.25) is 5.02 Å². The monoisotopic (exact) mass is 420 g/mol. The Bertz CT molecular complexity index is 1090. The highest BCUT2D eigenvalue weighted by molar-refractivity contribution is 7.90. The van der Waals surface area contributed by atoms with Crippen molar-refractivity contribution in [3.8, 4) is 0 Å². The van der Waals surface area contributed by atoms with E-state index in [9.17, 15) is 13.2 Å². The van der Waals surface area contributed by atoms with Crippen LogP contribution in [0.4, 0.5) is 5.13 Å². The van der Waals surface area contributed by atoms with Gasteiger partial charge in [-0.1, -0.05) is 29.8 Å². The molecule has 140 valence electrons. The molecular weight excluding hydrogens is 404 g/mol. The molecule has 0 unspecified atom stereocenters. The second-order valence-corrected chi connectivity index (χ2v) is 9.62. The van der Waals surface area contributed by atoms with Crippen molar-refractivity contribution in [1.82, 2.24) is 4.98 Å². The number of hydrogen-bond donors (Lipinski definition) is 1. The predicted octanol–water partition coefficient (Wildman–Crippen LogP) is 4.35. The van der Waals surface area contributed by atoms with Crippen LogP contribution in [0.25, 0.3) is 0 Å². The second-order valence-electron chi connectivity index (χ2n) is 6.11. The SMILES string of the molecule is Cc1cccc(Cc2cnc(NC(=O)c3ccc(S(C)(=O)=O)cc3)s2)c1Cl. The van der Waals surface area contributed by atoms with E-state index in [4.69, 9.17) is 11.6 Å². The molecule has 0 atom stereocenters. The summed E-state index contributed by atoms with van der Waals surface area (Å²) in [6.45, 7) is 1.96. The average Bonchev–Trinajstić information content (AvgIpc) is 3.05. The van der Waals surface area contributed by atoms with Gasteiger partial charge in [-0.2, -0.15) is 0 Å². The van der Waals surface area contributed by atoms with Crippen molar-refractivity contribution < 1.29 is 13.2 Å². The van der Waals surface area contributed by atoms with Crippen molar-refractivity contribution in [2.24, 2.45) is 0 Å². The number of carbonyl (C=O) groups excluding carboxylic acids is 1. The van der Waals surface area contributed by atoms with Crippen molar-refractivity contribution in [2.75, 3.05) is 11.6 Å². The lowest BCUT2D eigenvalue weighted by Crippen LogP contribution is -2.11. The first-order chi connectivity index (χ1) is 12.7. The normalized spacial score (nSPS) is 11.4. The third-order valence-corrected chi connectivity index (χ3v) is 6.54. The first-order valence-electron chi connectivity index (χ1n) is 8.04. The zero-order valence-corrected chi connectivity index (χ0v) is 17.1. The molecular formula is C19H17ClN2O3S2. The summed E-state index contributed by atoms with van der Waals surface area (Å²) in [5.41, 5.74) is 2.39. The molecule has 1 aromatic heterocycles. The minimum Gasteiger partial charge on any atom is -0.298 e. The number of nitrogens with zero attached hydrogens (tertiary/aromatic N) is 1. The van der Waals surface area contributed by atoms with Crippen LogP contribution in [-0.2, 0) is 16.3 Å². The lowest BCUT2D eigenvalue weighted by molar-refractivity contribution is 0.102. The van der Waals surface area contributed by atoms with Gasteiger partial charge in [-0.05, 0) is 42.3 Å². The number of benzene rings is 2. The summed E-state index contributed by atoms with van der Waals surface area (Å²) in [7, 11) is -3.29. The van der Waals surface area contributed by atoms with Gasteiger partial charge in [-0.15, -0.1) is 11.3 Å². The van der Waals surface area contributed by atoms with Crippen molar-refractivity contribution in [2.45, 2.75) is 18.2 Å². The van der Waals surface area contributed by atoms with Gasteiger partial charge in [0.25, 0.3) is 5.91 Å². The van der Waals surface area contributed by atoms with Crippen LogP contribution < -0.4 is 5.32 Å². The summed E-state index contributed by atoms with van der Waals surface area (Å²) >= 11 is 7.71. The Labute approximate surface area is 167 Å². The topological polar surface area (TPSA) is 76.1 Å². The maximum absolute atomic E-state index is 12.3. The number of aryl methyl sites for hydroxylation is 1. The molecule has 0 bridgehead atoms. The molecule has 27 heavy (non-hydrogen) atoms. The summed E-state index contributed by atoms with van der Waals surface area (Å²) in [6.07, 6.45) is 3.47. The number of nitrogens with one attached hydrogen (secondary N) is 1. The Balaban J connectivity index is 1.70. The predicted molar refractivity (Wildman–Crippen MR) is 109 cm³/mol. The van der Waals surface area contributed by atoms with E-state index in [1.165, 1.54) is 35.6 Å². The molecule has 0 fully saturated rings. The van der Waals surface area contributed by atoms with Gasteiger partial charge in [0.2, 0.25) is 0 Å². The minimum atomic E-state index is -3.29. The van der Waals surface area contributed by atoms with Crippen LogP contribution in [0.1, 0.15) is 26.4 Å². The van der Waals surface area contributed by atoms with Crippen molar-refractivity contribution in [3.05, 3.63) is 75.3 Å². The minimum absolute atomic E-state index is 0.172. The van der Waals surface area contributed by atoms with Crippen LogP contribution in [0.5, 0.6) is 0 Å². The highest BCUT2D eigenvalue weighted by Gasteiger charge is 2.13. The number of sulfone groups is 1. The molecule has 0 aliphatic carbocycles. The fraction of sp³-hybridized carbons (Fsp3) is 0.158. The number of carbonyl (C=O) groups is 1. The second kappa shape index (κ2) is 7.80. The molecule has 8 heteroatoms. The average molecular weight is 421 g/mol. The van der Waals surface area contributed by atoms with Gasteiger partial charge in [0.05, 0.1) is 4.90 Å². The van der Waals surface area contributed by atoms with Crippen molar-refractivity contribution >= 4 is 43.8 Å². The largest absolute Gasteiger partial charge is 0.298 e. The summed E-state index contributed by atoms with van der Waals surface area (Å²) in [5, 5.41) is 3.95. The van der Waals surface area contributed by atoms with Crippen LogP contribution in [0.3, 0.4) is 0 Å². The summed E-state index contributed by atoms with van der Waals surface area (Å²) < 4.78 is 23.0. The third-order valence-electron chi connectivity index (χ3n) is 3.96. The Hall–Kier alpha value is -2.22. The van der Waals surface area contributed by atoms with Crippen LogP contribution in [0.15, 0.2) is 53.6 Å². The lowest BCUT2D eigenvalue weighted by Gasteiger charge is -2.05. The first-order valence-corrected chi connectivity index (χ1v) is 11.1. The van der Waals surface area contributed by atoms with Crippen LogP contribution >= 0.6 is 22.9 Å². The van der Waals surface area contributed by atoms with E-state index < -0.39 is 9.84 Å². The Morgan fingerprint density at radius 2 is 1.89 bits per heavy atom. The smallest absolute Gasteiger partial charge is 0.257 e. The van der Waals surface area contributed by atoms with Gasteiger partial charge in [0.1, 0.15) is 0 Å². The van der Waals surface area contributed by atoms with Gasteiger partial charge < -0.3 is 0 Å². The van der Waals surface area contributed by atoms with Gasteiger partial charge >= 0.3 is 0 Å². The zero-order valence-electron chi connectivity index (χ0n) is 14.7. The molecule has 1 N–H and O–H groups in total. The standard InChI is InChI=1S/C19H17ClN2O3S2/c1-12-4-3-5-14(17(12)20)10-15-11-21-19(26-15)22-18(23)13-6-8-16(9-7-13)27(2,24)25/h3-9,11H,10H2,1-2H3,(H,21,22,23). The Kier molecular flexibility index (Phi) is 5.64. The highest BCUT2D eigenvalue weighted by atomic mass is 35.5. The number of rotatable bonds is 5. The van der Waals surface area contributed by atoms with E-state index >= 15 is 0 Å². The number of aromatic nitrogens is 1. The fourth-order valence-corrected chi connectivity index (χ4v) is 4.16. The molecule has 5 nitrogen and oxygen atoms in total. The summed E-state index contributed by atoms with van der Waals surface area (Å²) in [6, 6.07) is 11.7. The van der Waals surface area contributed by atoms with E-state index in [1.807, 2.05) is 25.1 Å². The first kappa shape index (κ1) is 19.5. The molecule has 2 aromatic carbocycles. The number of anilines is 1. The van der Waals surface area contributed by atoms with E-state index in [0.717, 1.165) is 27.3 Å². The van der Waals surface area contributed by atoms with E-state index in [0.29, 0.717) is 17.1 Å². The fourth-order valence-electron chi connectivity index (χ4n) is 2.50. The number of halogens is 1. The molecule has 0 aliphatic heterocycles. The van der Waals surface area contributed by atoms with E-state index in [1.54, 1.807) is 6.20 Å². The van der Waals surface area contributed by atoms with Gasteiger partial charge in [0, 0.05) is 34.3 Å². The number of amides is 1. The summed E-state index contributed by atoms with van der Waals surface area (Å²) in [4.78, 5) is 17.7. The number of hydrogen-bond acceptors (Lipinski definition) is 5. The molecule has 0 radical (unpaired) electrons. The Morgan fingerprint density at radius 1 is 1.19 bits per heavy atom. The maximum Gasteiger partial charge on any atom is 0.257 e. The molecule has 1 heterocycles. The molecule has 0 saturated carbocycles. The maximum atomic E-state index is 12.3. The van der Waals surface area contributed by atoms with E-state index in [2.05, 4.69) is 10.3 Å². The molecule has 0 spiro atoms. The molecule has 3 rings (SSSR count). The van der Waals surface area contributed by atoms with Crippen LogP contribution in [-0.4, -0.2) is 25.6 Å². The quantitative estimate of drug-likeness (QED) is 0.665. The third kappa shape index (κ3) is 4.74. The summed E-state index contributed by atoms with van der Waals surface area (Å²) in [5.74, 6) is -0.343. The van der Waals surface area contributed by atoms with Crippen LogP contribution in [0, 0.1) is 6.92 Å². The molecule has 0 saturated heterocycles. The van der Waals surface area contributed by atoms with E-state index in [-0.39, 0.29) is 10.8 Å². The molecule has 0 aliphatic rings. The van der Waals surface area contributed by atoms with Gasteiger partial charge in [-0.3, -0.25) is 10.1 Å². The van der Waals surface area contributed by atoms with Gasteiger partial charge in [0.15, 0.2) is 15.0 Å². The van der Waals surface area contributed by atoms with Crippen molar-refractivity contribution in [1.29, 1.82) is 0 Å². The lowest BCUT2D eigenvalue weighted by atomic mass is 10.1. The van der Waals surface area contributed by atoms with Crippen molar-refractivity contribution in [3.63, 3.8) is 0 Å². The zero-order chi connectivity index (χ0) is 19.6.